The summed E-state index contributed by atoms with van der Waals surface area (Å²) >= 11 is 0. The number of guanidine groups is 1. The molecule has 1 aliphatic heterocycles. The fourth-order valence-corrected chi connectivity index (χ4v) is 3.14. The zero-order valence-corrected chi connectivity index (χ0v) is 19.1. The summed E-state index contributed by atoms with van der Waals surface area (Å²) in [5.41, 5.74) is 6.42. The number of aliphatic imine (C=N–C) groups is 1. The van der Waals surface area contributed by atoms with Gasteiger partial charge in [0.15, 0.2) is 11.7 Å². The quantitative estimate of drug-likeness (QED) is 0.350. The molecule has 1 aliphatic rings. The molecule has 0 aliphatic carbocycles. The average molecular weight is 513 g/mol. The van der Waals surface area contributed by atoms with Gasteiger partial charge >= 0.3 is 0 Å². The first-order valence-corrected chi connectivity index (χ1v) is 9.41. The molecule has 1 aromatic heterocycles. The minimum Gasteiger partial charge on any atom is -0.497 e. The fraction of sp³-hybridized carbons (Fsp3) is 0.400. The zero-order chi connectivity index (χ0) is 19.9. The maximum Gasteiger partial charge on any atom is 0.284 e. The van der Waals surface area contributed by atoms with Crippen molar-refractivity contribution in [3.8, 4) is 5.75 Å². The highest BCUT2D eigenvalue weighted by Crippen LogP contribution is 2.20. The molecule has 29 heavy (non-hydrogen) atoms. The Morgan fingerprint density at radius 1 is 1.17 bits per heavy atom. The molecule has 0 unspecified atom stereocenters. The van der Waals surface area contributed by atoms with E-state index in [1.54, 1.807) is 19.2 Å². The lowest BCUT2D eigenvalue weighted by molar-refractivity contribution is 0.0972. The third-order valence-corrected chi connectivity index (χ3v) is 4.64. The molecule has 0 bridgehead atoms. The van der Waals surface area contributed by atoms with E-state index >= 15 is 0 Å². The van der Waals surface area contributed by atoms with E-state index < -0.39 is 5.91 Å². The molecule has 0 saturated carbocycles. The minimum absolute atomic E-state index is 0. The Morgan fingerprint density at radius 2 is 1.86 bits per heavy atom. The van der Waals surface area contributed by atoms with Crippen LogP contribution >= 0.6 is 24.0 Å². The van der Waals surface area contributed by atoms with Gasteiger partial charge in [0.2, 0.25) is 0 Å². The van der Waals surface area contributed by atoms with Crippen molar-refractivity contribution in [3.05, 3.63) is 47.9 Å². The standard InChI is InChI=1S/C20H27N5O3.HI/c1-3-22-20(23-14-17-8-9-18(28-17)19(21)26)25-12-10-24(11-13-25)15-4-6-16(27-2)7-5-15;/h4-9H,3,10-14H2,1-2H3,(H2,21,26)(H,22,23);1H. The van der Waals surface area contributed by atoms with Crippen LogP contribution in [0.25, 0.3) is 0 Å². The summed E-state index contributed by atoms with van der Waals surface area (Å²) in [4.78, 5) is 20.4. The number of rotatable bonds is 6. The molecule has 2 heterocycles. The normalized spacial score (nSPS) is 14.3. The van der Waals surface area contributed by atoms with Gasteiger partial charge in [-0.3, -0.25) is 4.79 Å². The van der Waals surface area contributed by atoms with E-state index in [2.05, 4.69) is 32.2 Å². The smallest absolute Gasteiger partial charge is 0.284 e. The van der Waals surface area contributed by atoms with Crippen LogP contribution in [-0.2, 0) is 6.54 Å². The van der Waals surface area contributed by atoms with Crippen molar-refractivity contribution >= 4 is 41.5 Å². The molecule has 1 fully saturated rings. The highest BCUT2D eigenvalue weighted by molar-refractivity contribution is 14.0. The number of carbonyl (C=O) groups excluding carboxylic acids is 1. The van der Waals surface area contributed by atoms with Crippen LogP contribution in [0.15, 0.2) is 45.8 Å². The number of ether oxygens (including phenoxy) is 1. The van der Waals surface area contributed by atoms with E-state index in [-0.39, 0.29) is 29.7 Å². The van der Waals surface area contributed by atoms with Crippen LogP contribution in [0.2, 0.25) is 0 Å². The van der Waals surface area contributed by atoms with Crippen molar-refractivity contribution in [1.29, 1.82) is 0 Å². The summed E-state index contributed by atoms with van der Waals surface area (Å²) in [6.45, 7) is 6.72. The van der Waals surface area contributed by atoms with Crippen molar-refractivity contribution in [1.82, 2.24) is 10.2 Å². The predicted molar refractivity (Wildman–Crippen MR) is 124 cm³/mol. The third-order valence-electron chi connectivity index (χ3n) is 4.64. The number of halogens is 1. The van der Waals surface area contributed by atoms with Crippen LogP contribution in [0.1, 0.15) is 23.2 Å². The molecule has 1 amide bonds. The van der Waals surface area contributed by atoms with Crippen LogP contribution in [0, 0.1) is 0 Å². The van der Waals surface area contributed by atoms with Gasteiger partial charge in [-0.1, -0.05) is 0 Å². The van der Waals surface area contributed by atoms with Gasteiger partial charge in [0, 0.05) is 38.4 Å². The Hall–Kier alpha value is -2.43. The first-order valence-electron chi connectivity index (χ1n) is 9.41. The summed E-state index contributed by atoms with van der Waals surface area (Å²) in [7, 11) is 1.67. The summed E-state index contributed by atoms with van der Waals surface area (Å²) in [5, 5.41) is 3.33. The molecule has 0 spiro atoms. The molecule has 3 N–H and O–H groups in total. The Bertz CT molecular complexity index is 814. The molecule has 158 valence electrons. The molecule has 0 radical (unpaired) electrons. The molecule has 9 heteroatoms. The molecule has 3 rings (SSSR count). The Balaban J connectivity index is 0.00000300. The minimum atomic E-state index is -0.572. The average Bonchev–Trinajstić information content (AvgIpc) is 3.21. The fourth-order valence-electron chi connectivity index (χ4n) is 3.14. The number of nitrogens with zero attached hydrogens (tertiary/aromatic N) is 3. The number of hydrogen-bond donors (Lipinski definition) is 2. The Kier molecular flexibility index (Phi) is 8.62. The molecular weight excluding hydrogens is 485 g/mol. The van der Waals surface area contributed by atoms with Gasteiger partial charge < -0.3 is 30.0 Å². The van der Waals surface area contributed by atoms with Crippen LogP contribution < -0.4 is 20.7 Å². The number of primary amides is 1. The number of amides is 1. The van der Waals surface area contributed by atoms with Gasteiger partial charge in [-0.25, -0.2) is 4.99 Å². The number of furan rings is 1. The maximum atomic E-state index is 11.1. The topological polar surface area (TPSA) is 96.3 Å². The third kappa shape index (κ3) is 6.02. The molecule has 1 saturated heterocycles. The van der Waals surface area contributed by atoms with Crippen LogP contribution in [0.3, 0.4) is 0 Å². The van der Waals surface area contributed by atoms with E-state index in [9.17, 15) is 4.79 Å². The van der Waals surface area contributed by atoms with Gasteiger partial charge in [0.05, 0.1) is 7.11 Å². The van der Waals surface area contributed by atoms with E-state index in [4.69, 9.17) is 14.9 Å². The van der Waals surface area contributed by atoms with E-state index in [0.717, 1.165) is 44.4 Å². The number of nitrogens with two attached hydrogens (primary N) is 1. The van der Waals surface area contributed by atoms with Gasteiger partial charge in [0.1, 0.15) is 18.1 Å². The number of hydrogen-bond acceptors (Lipinski definition) is 5. The lowest BCUT2D eigenvalue weighted by Crippen LogP contribution is -2.52. The van der Waals surface area contributed by atoms with Crippen molar-refractivity contribution in [2.45, 2.75) is 13.5 Å². The van der Waals surface area contributed by atoms with Gasteiger partial charge in [-0.15, -0.1) is 24.0 Å². The second kappa shape index (κ2) is 10.9. The van der Waals surface area contributed by atoms with E-state index in [1.165, 1.54) is 5.69 Å². The highest BCUT2D eigenvalue weighted by Gasteiger charge is 2.20. The lowest BCUT2D eigenvalue weighted by Gasteiger charge is -2.37. The monoisotopic (exact) mass is 513 g/mol. The Labute approximate surface area is 188 Å². The molecule has 2 aromatic rings. The number of anilines is 1. The largest absolute Gasteiger partial charge is 0.497 e. The van der Waals surface area contributed by atoms with E-state index in [1.807, 2.05) is 19.1 Å². The van der Waals surface area contributed by atoms with Gasteiger partial charge in [-0.05, 0) is 43.3 Å². The summed E-state index contributed by atoms with van der Waals surface area (Å²) in [6, 6.07) is 11.4. The Morgan fingerprint density at radius 3 is 2.41 bits per heavy atom. The number of methoxy groups -OCH3 is 1. The van der Waals surface area contributed by atoms with Crippen LogP contribution in [0.5, 0.6) is 5.75 Å². The molecule has 1 aromatic carbocycles. The number of nitrogens with one attached hydrogen (secondary N) is 1. The number of carbonyl (C=O) groups is 1. The summed E-state index contributed by atoms with van der Waals surface area (Å²) < 4.78 is 10.6. The highest BCUT2D eigenvalue weighted by atomic mass is 127. The van der Waals surface area contributed by atoms with Gasteiger partial charge in [0.25, 0.3) is 5.91 Å². The first kappa shape index (κ1) is 22.9. The lowest BCUT2D eigenvalue weighted by atomic mass is 10.2. The van der Waals surface area contributed by atoms with Gasteiger partial charge in [-0.2, -0.15) is 0 Å². The summed E-state index contributed by atoms with van der Waals surface area (Å²) in [5.74, 6) is 1.90. The summed E-state index contributed by atoms with van der Waals surface area (Å²) in [6.07, 6.45) is 0. The van der Waals surface area contributed by atoms with E-state index in [0.29, 0.717) is 12.3 Å². The second-order valence-corrected chi connectivity index (χ2v) is 6.47. The predicted octanol–water partition coefficient (Wildman–Crippen LogP) is 2.29. The number of benzene rings is 1. The molecule has 8 nitrogen and oxygen atoms in total. The van der Waals surface area contributed by atoms with Crippen LogP contribution in [-0.4, -0.2) is 56.6 Å². The van der Waals surface area contributed by atoms with Crippen molar-refractivity contribution in [2.75, 3.05) is 44.7 Å². The SMILES string of the molecule is CCNC(=NCc1ccc(C(N)=O)o1)N1CCN(c2ccc(OC)cc2)CC1.I. The van der Waals surface area contributed by atoms with Crippen LogP contribution in [0.4, 0.5) is 5.69 Å². The second-order valence-electron chi connectivity index (χ2n) is 6.47. The molecular formula is C20H28IN5O3. The zero-order valence-electron chi connectivity index (χ0n) is 16.8. The maximum absolute atomic E-state index is 11.1. The van der Waals surface area contributed by atoms with Crippen molar-refractivity contribution in [3.63, 3.8) is 0 Å². The van der Waals surface area contributed by atoms with Crippen molar-refractivity contribution in [2.24, 2.45) is 10.7 Å². The molecule has 0 atom stereocenters. The van der Waals surface area contributed by atoms with Crippen molar-refractivity contribution < 1.29 is 13.9 Å². The first-order chi connectivity index (χ1) is 13.6. The number of piperazine rings is 1.